The number of urea groups is 1. The van der Waals surface area contributed by atoms with Crippen molar-refractivity contribution in [2.24, 2.45) is 5.92 Å². The monoisotopic (exact) mass is 435 g/mol. The summed E-state index contributed by atoms with van der Waals surface area (Å²) in [5.74, 6) is 0.348. The van der Waals surface area contributed by atoms with Gasteiger partial charge in [0, 0.05) is 31.5 Å². The Morgan fingerprint density at radius 2 is 1.97 bits per heavy atom. The van der Waals surface area contributed by atoms with Crippen LogP contribution in [0.5, 0.6) is 0 Å². The third-order valence-electron chi connectivity index (χ3n) is 5.52. The Kier molecular flexibility index (Phi) is 6.32. The number of carbonyl (C=O) groups excluding carboxylic acids is 1. The molecule has 8 heteroatoms. The van der Waals surface area contributed by atoms with E-state index in [1.807, 2.05) is 25.1 Å². The van der Waals surface area contributed by atoms with Crippen LogP contribution in [0.2, 0.25) is 0 Å². The minimum absolute atomic E-state index is 0.241. The third kappa shape index (κ3) is 4.86. The van der Waals surface area contributed by atoms with E-state index in [1.165, 1.54) is 12.1 Å². The molecule has 1 aliphatic heterocycles. The highest BCUT2D eigenvalue weighted by Crippen LogP contribution is 2.27. The van der Waals surface area contributed by atoms with Crippen LogP contribution in [0.15, 0.2) is 48.5 Å². The first-order valence-electron chi connectivity index (χ1n) is 10.5. The van der Waals surface area contributed by atoms with Gasteiger partial charge in [0.2, 0.25) is 0 Å². The molecule has 0 bridgehead atoms. The number of benzene rings is 1. The molecule has 1 aliphatic rings. The number of hydrogen-bond donors (Lipinski definition) is 2. The number of nitrogen functional groups attached to an aromatic ring is 1. The van der Waals surface area contributed by atoms with Gasteiger partial charge in [-0.3, -0.25) is 10.3 Å². The number of pyridine rings is 2. The maximum Gasteiger partial charge on any atom is 0.323 e. The predicted octanol–water partition coefficient (Wildman–Crippen LogP) is 4.03. The highest BCUT2D eigenvalue weighted by molar-refractivity contribution is 5.92. The lowest BCUT2D eigenvalue weighted by Gasteiger charge is -2.39. The molecule has 7 nitrogen and oxygen atoms in total. The van der Waals surface area contributed by atoms with E-state index in [-0.39, 0.29) is 11.8 Å². The summed E-state index contributed by atoms with van der Waals surface area (Å²) in [7, 11) is 1.65. The zero-order chi connectivity index (χ0) is 22.7. The summed E-state index contributed by atoms with van der Waals surface area (Å²) >= 11 is 0. The van der Waals surface area contributed by atoms with E-state index in [0.29, 0.717) is 42.8 Å². The first kappa shape index (κ1) is 21.7. The normalized spacial score (nSPS) is 13.7. The number of ether oxygens (including phenoxy) is 1. The Labute approximate surface area is 186 Å². The smallest absolute Gasteiger partial charge is 0.323 e. The van der Waals surface area contributed by atoms with Crippen molar-refractivity contribution in [1.29, 1.82) is 0 Å². The van der Waals surface area contributed by atoms with Crippen LogP contribution in [0.25, 0.3) is 11.3 Å². The van der Waals surface area contributed by atoms with Crippen molar-refractivity contribution in [3.8, 4) is 11.3 Å². The van der Waals surface area contributed by atoms with Crippen molar-refractivity contribution in [2.45, 2.75) is 20.0 Å². The minimum atomic E-state index is -0.303. The van der Waals surface area contributed by atoms with Crippen LogP contribution in [0.4, 0.5) is 20.7 Å². The second-order valence-corrected chi connectivity index (χ2v) is 8.05. The first-order chi connectivity index (χ1) is 15.4. The van der Waals surface area contributed by atoms with Crippen LogP contribution in [-0.4, -0.2) is 41.1 Å². The Hall–Kier alpha value is -3.52. The molecule has 3 aromatic rings. The van der Waals surface area contributed by atoms with E-state index in [0.717, 1.165) is 28.9 Å². The van der Waals surface area contributed by atoms with Crippen molar-refractivity contribution in [3.63, 3.8) is 0 Å². The van der Waals surface area contributed by atoms with Crippen LogP contribution in [-0.2, 0) is 17.8 Å². The molecule has 2 aromatic heterocycles. The van der Waals surface area contributed by atoms with Crippen molar-refractivity contribution < 1.29 is 13.9 Å². The van der Waals surface area contributed by atoms with Gasteiger partial charge in [0.15, 0.2) is 5.82 Å². The van der Waals surface area contributed by atoms with Gasteiger partial charge in [-0.2, -0.15) is 0 Å². The summed E-state index contributed by atoms with van der Waals surface area (Å²) in [4.78, 5) is 23.5. The van der Waals surface area contributed by atoms with E-state index in [9.17, 15) is 9.18 Å². The third-order valence-corrected chi connectivity index (χ3v) is 5.52. The molecule has 0 unspecified atom stereocenters. The summed E-state index contributed by atoms with van der Waals surface area (Å²) in [6.45, 7) is 3.57. The SMILES string of the molecule is COCc1cccc(CC2CN(C(=O)Nc3nc(-c4ccc(F)cc4C)ccc3N)C2)n1. The Balaban J connectivity index is 1.37. The molecule has 2 amide bonds. The van der Waals surface area contributed by atoms with E-state index in [2.05, 4.69) is 15.3 Å². The number of aromatic nitrogens is 2. The molecular formula is C24H26FN5O2. The van der Waals surface area contributed by atoms with Crippen LogP contribution >= 0.6 is 0 Å². The van der Waals surface area contributed by atoms with Crippen LogP contribution in [0, 0.1) is 18.7 Å². The second kappa shape index (κ2) is 9.32. The number of nitrogens with zero attached hydrogens (tertiary/aromatic N) is 3. The van der Waals surface area contributed by atoms with Crippen LogP contribution < -0.4 is 11.1 Å². The zero-order valence-corrected chi connectivity index (χ0v) is 18.1. The second-order valence-electron chi connectivity index (χ2n) is 8.05. The van der Waals surface area contributed by atoms with Crippen molar-refractivity contribution in [1.82, 2.24) is 14.9 Å². The quantitative estimate of drug-likeness (QED) is 0.610. The molecule has 0 radical (unpaired) electrons. The Bertz CT molecular complexity index is 1130. The molecule has 1 fully saturated rings. The number of likely N-dealkylation sites (tertiary alicyclic amines) is 1. The topological polar surface area (TPSA) is 93.4 Å². The summed E-state index contributed by atoms with van der Waals surface area (Å²) in [5, 5.41) is 2.81. The number of nitrogens with two attached hydrogens (primary N) is 1. The van der Waals surface area contributed by atoms with Crippen molar-refractivity contribution in [2.75, 3.05) is 31.2 Å². The molecule has 32 heavy (non-hydrogen) atoms. The lowest BCUT2D eigenvalue weighted by molar-refractivity contribution is 0.130. The summed E-state index contributed by atoms with van der Waals surface area (Å²) in [6, 6.07) is 13.6. The van der Waals surface area contributed by atoms with Gasteiger partial charge in [-0.25, -0.2) is 14.2 Å². The number of amides is 2. The highest BCUT2D eigenvalue weighted by atomic mass is 19.1. The number of anilines is 2. The average molecular weight is 436 g/mol. The number of aryl methyl sites for hydroxylation is 1. The molecule has 4 rings (SSSR count). The molecule has 1 aromatic carbocycles. The first-order valence-corrected chi connectivity index (χ1v) is 10.5. The summed E-state index contributed by atoms with van der Waals surface area (Å²) in [6.07, 6.45) is 0.807. The largest absolute Gasteiger partial charge is 0.396 e. The zero-order valence-electron chi connectivity index (χ0n) is 18.1. The molecule has 0 aliphatic carbocycles. The van der Waals surface area contributed by atoms with E-state index in [4.69, 9.17) is 10.5 Å². The Morgan fingerprint density at radius 1 is 1.19 bits per heavy atom. The van der Waals surface area contributed by atoms with E-state index in [1.54, 1.807) is 30.2 Å². The molecular weight excluding hydrogens is 409 g/mol. The molecule has 166 valence electrons. The number of methoxy groups -OCH3 is 1. The van der Waals surface area contributed by atoms with Gasteiger partial charge in [-0.15, -0.1) is 0 Å². The molecule has 0 saturated carbocycles. The van der Waals surface area contributed by atoms with Gasteiger partial charge in [-0.05, 0) is 67.3 Å². The summed E-state index contributed by atoms with van der Waals surface area (Å²) < 4.78 is 18.6. The fourth-order valence-corrected chi connectivity index (χ4v) is 3.85. The molecule has 0 atom stereocenters. The molecule has 3 heterocycles. The standard InChI is InChI=1S/C24H26FN5O2/c1-15-10-17(25)6-7-20(15)22-9-8-21(26)23(28-22)29-24(31)30-12-16(13-30)11-18-4-3-5-19(27-18)14-32-2/h3-10,16H,11-14,26H2,1-2H3,(H,28,29,31). The molecule has 0 spiro atoms. The van der Waals surface area contributed by atoms with Crippen LogP contribution in [0.3, 0.4) is 0 Å². The van der Waals surface area contributed by atoms with Gasteiger partial charge < -0.3 is 15.4 Å². The summed E-state index contributed by atoms with van der Waals surface area (Å²) in [5.41, 5.74) is 10.5. The van der Waals surface area contributed by atoms with E-state index < -0.39 is 0 Å². The van der Waals surface area contributed by atoms with Crippen molar-refractivity contribution >= 4 is 17.5 Å². The van der Waals surface area contributed by atoms with Gasteiger partial charge in [0.05, 0.1) is 23.7 Å². The number of hydrogen-bond acceptors (Lipinski definition) is 5. The number of nitrogens with one attached hydrogen (secondary N) is 1. The highest BCUT2D eigenvalue weighted by Gasteiger charge is 2.31. The molecule has 1 saturated heterocycles. The van der Waals surface area contributed by atoms with E-state index >= 15 is 0 Å². The predicted molar refractivity (Wildman–Crippen MR) is 122 cm³/mol. The number of halogens is 1. The minimum Gasteiger partial charge on any atom is -0.396 e. The van der Waals surface area contributed by atoms with Gasteiger partial charge in [-0.1, -0.05) is 6.07 Å². The van der Waals surface area contributed by atoms with Crippen LogP contribution in [0.1, 0.15) is 17.0 Å². The number of rotatable bonds is 6. The fourth-order valence-electron chi connectivity index (χ4n) is 3.85. The number of carbonyl (C=O) groups is 1. The maximum absolute atomic E-state index is 13.4. The maximum atomic E-state index is 13.4. The van der Waals surface area contributed by atoms with Gasteiger partial charge >= 0.3 is 6.03 Å². The van der Waals surface area contributed by atoms with Gasteiger partial charge in [0.25, 0.3) is 0 Å². The fraction of sp³-hybridized carbons (Fsp3) is 0.292. The lowest BCUT2D eigenvalue weighted by atomic mass is 9.94. The Morgan fingerprint density at radius 3 is 2.72 bits per heavy atom. The van der Waals surface area contributed by atoms with Crippen molar-refractivity contribution in [3.05, 3.63) is 71.3 Å². The average Bonchev–Trinajstić information content (AvgIpc) is 2.73. The lowest BCUT2D eigenvalue weighted by Crippen LogP contribution is -2.52. The molecule has 3 N–H and O–H groups in total. The van der Waals surface area contributed by atoms with Gasteiger partial charge in [0.1, 0.15) is 5.82 Å².